The highest BCUT2D eigenvalue weighted by Gasteiger charge is 2.63. The van der Waals surface area contributed by atoms with Crippen LogP contribution in [-0.4, -0.2) is 108 Å². The zero-order valence-electron chi connectivity index (χ0n) is 37.8. The van der Waals surface area contributed by atoms with E-state index in [0.29, 0.717) is 68.8 Å². The molecule has 15 nitrogen and oxygen atoms in total. The highest BCUT2D eigenvalue weighted by molar-refractivity contribution is 7.91. The molecule has 6 fully saturated rings. The molecule has 1 aromatic heterocycles. The number of pyridine rings is 1. The van der Waals surface area contributed by atoms with Crippen molar-refractivity contribution in [2.75, 3.05) is 19.7 Å². The molecule has 7 aliphatic rings. The normalized spacial score (nSPS) is 31.0. The van der Waals surface area contributed by atoms with Gasteiger partial charge in [0.1, 0.15) is 35.6 Å². The number of sulfonamides is 1. The van der Waals surface area contributed by atoms with Gasteiger partial charge in [0.05, 0.1) is 29.0 Å². The third-order valence-corrected chi connectivity index (χ3v) is 17.4. The van der Waals surface area contributed by atoms with Gasteiger partial charge in [0, 0.05) is 36.6 Å². The maximum atomic E-state index is 15.1. The molecular formula is C48H64F2N6O9S. The molecule has 18 heteroatoms. The first-order valence-corrected chi connectivity index (χ1v) is 25.7. The van der Waals surface area contributed by atoms with E-state index in [1.165, 1.54) is 11.0 Å². The third kappa shape index (κ3) is 9.86. The van der Waals surface area contributed by atoms with Crippen molar-refractivity contribution in [3.63, 3.8) is 0 Å². The van der Waals surface area contributed by atoms with Crippen LogP contribution in [0, 0.1) is 17.8 Å². The number of amides is 4. The van der Waals surface area contributed by atoms with Crippen LogP contribution in [0.25, 0.3) is 10.9 Å². The number of hydrogen-bond donors (Lipinski definition) is 4. The molecule has 2 bridgehead atoms. The van der Waals surface area contributed by atoms with Crippen molar-refractivity contribution in [3.8, 4) is 11.6 Å². The number of alkyl halides is 2. The van der Waals surface area contributed by atoms with E-state index in [1.54, 1.807) is 6.92 Å². The second kappa shape index (κ2) is 18.5. The number of ether oxygens (including phenoxy) is 3. The standard InChI is InChI=1S/C48H64F2N6O9S/c1-3-31-25-48(31,44(59)55-66(61,62)46(2)19-20-46)54-41(57)37-24-33-28-56(37)43(58)39(29-13-6-4-7-14-29)53-45(60)65-38-23-30(38)15-8-5-9-17-35-40(34-16-10-11-18-36(34)52-42(35)64-33)63-22-12-21-51-32-26-47(49,50)27-32/h3,10-11,16,18,29-33,37-39,51H,1,4-9,12-15,17,19-28H2,2H3,(H,53,60)(H,54,57)(H,55,59)/t30-,31?,33-,37+,38-,39+,48?/m1/s1. The smallest absolute Gasteiger partial charge is 0.408 e. The average molecular weight is 939 g/mol. The number of nitrogens with zero attached hydrogens (tertiary/aromatic N) is 2. The lowest BCUT2D eigenvalue weighted by atomic mass is 9.83. The molecule has 360 valence electrons. The predicted molar refractivity (Wildman–Crippen MR) is 240 cm³/mol. The minimum atomic E-state index is -4.03. The summed E-state index contributed by atoms with van der Waals surface area (Å²) in [5, 5.41) is 9.81. The van der Waals surface area contributed by atoms with Gasteiger partial charge in [-0.25, -0.2) is 27.0 Å². The number of fused-ring (bicyclic) bond motifs is 5. The second-order valence-corrected chi connectivity index (χ2v) is 22.5. The van der Waals surface area contributed by atoms with Crippen molar-refractivity contribution in [2.24, 2.45) is 17.8 Å². The molecule has 0 radical (unpaired) electrons. The molecule has 3 heterocycles. The van der Waals surface area contributed by atoms with Crippen LogP contribution in [0.1, 0.15) is 122 Å². The van der Waals surface area contributed by atoms with Crippen LogP contribution in [0.2, 0.25) is 0 Å². The highest BCUT2D eigenvalue weighted by Crippen LogP contribution is 2.48. The first kappa shape index (κ1) is 46.5. The van der Waals surface area contributed by atoms with E-state index in [9.17, 15) is 31.6 Å². The Morgan fingerprint density at radius 3 is 2.44 bits per heavy atom. The summed E-state index contributed by atoms with van der Waals surface area (Å²) in [6.45, 7) is 6.19. The Labute approximate surface area is 385 Å². The van der Waals surface area contributed by atoms with Crippen molar-refractivity contribution in [1.82, 2.24) is 30.6 Å². The molecule has 66 heavy (non-hydrogen) atoms. The molecule has 2 aliphatic heterocycles. The number of benzene rings is 1. The Kier molecular flexibility index (Phi) is 13.0. The second-order valence-electron chi connectivity index (χ2n) is 20.3. The monoisotopic (exact) mass is 938 g/mol. The predicted octanol–water partition coefficient (Wildman–Crippen LogP) is 5.98. The van der Waals surface area contributed by atoms with Crippen molar-refractivity contribution >= 4 is 44.7 Å². The van der Waals surface area contributed by atoms with Crippen LogP contribution >= 0.6 is 0 Å². The molecule has 0 spiro atoms. The van der Waals surface area contributed by atoms with Gasteiger partial charge in [0.25, 0.3) is 11.8 Å². The van der Waals surface area contributed by atoms with Gasteiger partial charge in [0.2, 0.25) is 27.7 Å². The van der Waals surface area contributed by atoms with E-state index in [1.807, 2.05) is 24.3 Å². The fraction of sp³-hybridized carbons (Fsp3) is 0.688. The largest absolute Gasteiger partial charge is 0.492 e. The Balaban J connectivity index is 1.02. The number of rotatable bonds is 13. The molecule has 5 saturated carbocycles. The van der Waals surface area contributed by atoms with Crippen molar-refractivity contribution in [3.05, 3.63) is 42.5 Å². The number of carbonyl (C=O) groups excluding carboxylic acids is 4. The zero-order valence-corrected chi connectivity index (χ0v) is 38.6. The van der Waals surface area contributed by atoms with Crippen molar-refractivity contribution < 1.29 is 50.6 Å². The van der Waals surface area contributed by atoms with Gasteiger partial charge >= 0.3 is 6.09 Å². The summed E-state index contributed by atoms with van der Waals surface area (Å²) in [5.41, 5.74) is -0.226. The molecular weight excluding hydrogens is 875 g/mol. The van der Waals surface area contributed by atoms with Crippen LogP contribution in [0.5, 0.6) is 11.6 Å². The van der Waals surface area contributed by atoms with Crippen LogP contribution in [0.15, 0.2) is 36.9 Å². The molecule has 9 rings (SSSR count). The average Bonchev–Trinajstić information content (AvgIpc) is 4.24. The summed E-state index contributed by atoms with van der Waals surface area (Å²) < 4.78 is 73.9. The van der Waals surface area contributed by atoms with Crippen molar-refractivity contribution in [2.45, 2.75) is 169 Å². The number of alkyl carbamates (subject to hydrolysis) is 1. The Hall–Kier alpha value is -4.58. The molecule has 4 amide bonds. The number of para-hydroxylation sites is 1. The maximum Gasteiger partial charge on any atom is 0.408 e. The van der Waals surface area contributed by atoms with E-state index < -0.39 is 74.2 Å². The Morgan fingerprint density at radius 2 is 1.73 bits per heavy atom. The molecule has 1 aromatic carbocycles. The van der Waals surface area contributed by atoms with Gasteiger partial charge in [-0.15, -0.1) is 6.58 Å². The third-order valence-electron chi connectivity index (χ3n) is 15.3. The minimum absolute atomic E-state index is 0.00596. The first-order chi connectivity index (χ1) is 31.6. The number of hydrogen-bond acceptors (Lipinski definition) is 11. The van der Waals surface area contributed by atoms with E-state index in [0.717, 1.165) is 62.3 Å². The molecule has 2 aromatic rings. The quantitative estimate of drug-likeness (QED) is 0.136. The van der Waals surface area contributed by atoms with Gasteiger partial charge in [0.15, 0.2) is 0 Å². The van der Waals surface area contributed by atoms with E-state index >= 15 is 4.79 Å². The van der Waals surface area contributed by atoms with E-state index in [-0.39, 0.29) is 56.2 Å². The van der Waals surface area contributed by atoms with Crippen LogP contribution in [-0.2, 0) is 35.6 Å². The molecule has 5 aliphatic carbocycles. The number of halogens is 2. The van der Waals surface area contributed by atoms with Crippen LogP contribution in [0.3, 0.4) is 0 Å². The van der Waals surface area contributed by atoms with Gasteiger partial charge in [-0.2, -0.15) is 0 Å². The van der Waals surface area contributed by atoms with Crippen molar-refractivity contribution in [1.29, 1.82) is 0 Å². The fourth-order valence-electron chi connectivity index (χ4n) is 10.6. The van der Waals surface area contributed by atoms with Crippen LogP contribution in [0.4, 0.5) is 13.6 Å². The Bertz CT molecular complexity index is 2320. The summed E-state index contributed by atoms with van der Waals surface area (Å²) >= 11 is 0. The minimum Gasteiger partial charge on any atom is -0.492 e. The lowest BCUT2D eigenvalue weighted by Gasteiger charge is -2.35. The molecule has 7 atom stereocenters. The summed E-state index contributed by atoms with van der Waals surface area (Å²) in [6, 6.07) is 5.21. The van der Waals surface area contributed by atoms with Crippen LogP contribution < -0.4 is 30.1 Å². The first-order valence-electron chi connectivity index (χ1n) is 24.2. The molecule has 2 unspecified atom stereocenters. The highest BCUT2D eigenvalue weighted by atomic mass is 32.2. The fourth-order valence-corrected chi connectivity index (χ4v) is 11.9. The number of carbonyl (C=O) groups is 4. The zero-order chi connectivity index (χ0) is 46.4. The number of aromatic nitrogens is 1. The summed E-state index contributed by atoms with van der Waals surface area (Å²) in [4.78, 5) is 63.8. The van der Waals surface area contributed by atoms with E-state index in [4.69, 9.17) is 19.2 Å². The van der Waals surface area contributed by atoms with E-state index in [2.05, 4.69) is 27.3 Å². The van der Waals surface area contributed by atoms with Gasteiger partial charge < -0.3 is 35.1 Å². The molecule has 4 N–H and O–H groups in total. The van der Waals surface area contributed by atoms with Gasteiger partial charge in [-0.3, -0.25) is 19.1 Å². The van der Waals surface area contributed by atoms with Gasteiger partial charge in [-0.05, 0) is 102 Å². The van der Waals surface area contributed by atoms with Gasteiger partial charge in [-0.1, -0.05) is 50.3 Å². The lowest BCUT2D eigenvalue weighted by molar-refractivity contribution is -0.142. The maximum absolute atomic E-state index is 15.1. The summed E-state index contributed by atoms with van der Waals surface area (Å²) in [7, 11) is -4.03. The summed E-state index contributed by atoms with van der Waals surface area (Å²) in [5.74, 6) is -4.19. The Morgan fingerprint density at radius 1 is 1.00 bits per heavy atom. The summed E-state index contributed by atoms with van der Waals surface area (Å²) in [6.07, 6.45) is 9.96. The SMILES string of the molecule is C=CC1CC1(NC(=O)[C@@H]1C[C@@H]2CN1C(=O)[C@H](C1CCCCC1)NC(=O)O[C@@H]1C[C@H]1CCCCCc1c(nc3ccccc3c1OCCCNC1CC(F)(F)C1)O2)C(=O)NS(=O)(=O)C1(C)CC1. The number of nitrogens with one attached hydrogen (secondary N) is 4. The topological polar surface area (TPSA) is 194 Å². The lowest BCUT2D eigenvalue weighted by Crippen LogP contribution is -2.59. The molecule has 1 saturated heterocycles.